The third-order valence-electron chi connectivity index (χ3n) is 4.45. The van der Waals surface area contributed by atoms with Crippen molar-refractivity contribution in [3.8, 4) is 0 Å². The van der Waals surface area contributed by atoms with Gasteiger partial charge in [0, 0.05) is 24.8 Å². The van der Waals surface area contributed by atoms with Crippen LogP contribution < -0.4 is 10.6 Å². The highest BCUT2D eigenvalue weighted by atomic mass is 15.1. The Balaban J connectivity index is 1.81. The van der Waals surface area contributed by atoms with Crippen molar-refractivity contribution in [2.24, 2.45) is 5.73 Å². The number of benzene rings is 2. The van der Waals surface area contributed by atoms with E-state index in [1.54, 1.807) is 0 Å². The molecule has 1 heterocycles. The molecule has 0 saturated heterocycles. The van der Waals surface area contributed by atoms with Crippen molar-refractivity contribution in [3.05, 3.63) is 64.7 Å². The average Bonchev–Trinajstić information content (AvgIpc) is 2.47. The van der Waals surface area contributed by atoms with Gasteiger partial charge in [-0.3, -0.25) is 0 Å². The van der Waals surface area contributed by atoms with Crippen LogP contribution in [0.1, 0.15) is 34.7 Å². The third-order valence-corrected chi connectivity index (χ3v) is 4.45. The van der Waals surface area contributed by atoms with E-state index in [1.165, 1.54) is 40.8 Å². The summed E-state index contributed by atoms with van der Waals surface area (Å²) in [6, 6.07) is 15.4. The van der Waals surface area contributed by atoms with Crippen molar-refractivity contribution in [1.82, 2.24) is 0 Å². The molecule has 2 nitrogen and oxygen atoms in total. The van der Waals surface area contributed by atoms with Gasteiger partial charge in [-0.25, -0.2) is 0 Å². The molecule has 2 aromatic carbocycles. The maximum absolute atomic E-state index is 6.49. The van der Waals surface area contributed by atoms with Crippen molar-refractivity contribution in [3.63, 3.8) is 0 Å². The maximum Gasteiger partial charge on any atom is 0.0475 e. The normalized spacial score (nSPS) is 15.7. The van der Waals surface area contributed by atoms with Crippen LogP contribution >= 0.6 is 0 Å². The number of anilines is 1. The molecule has 21 heavy (non-hydrogen) atoms. The lowest BCUT2D eigenvalue weighted by molar-refractivity contribution is 0.623. The van der Waals surface area contributed by atoms with Crippen LogP contribution in [-0.4, -0.2) is 13.1 Å². The van der Waals surface area contributed by atoms with E-state index >= 15 is 0 Å². The van der Waals surface area contributed by atoms with E-state index in [2.05, 4.69) is 61.2 Å². The van der Waals surface area contributed by atoms with Crippen LogP contribution in [-0.2, 0) is 6.42 Å². The molecule has 0 aromatic heterocycles. The van der Waals surface area contributed by atoms with Gasteiger partial charge in [0.1, 0.15) is 0 Å². The SMILES string of the molecule is Cc1ccc(C(N)CN2CCCc3ccccc32)c(C)c1. The smallest absolute Gasteiger partial charge is 0.0475 e. The average molecular weight is 280 g/mol. The molecule has 2 heteroatoms. The van der Waals surface area contributed by atoms with Gasteiger partial charge in [-0.05, 0) is 49.4 Å². The third kappa shape index (κ3) is 2.96. The van der Waals surface area contributed by atoms with E-state index in [1.807, 2.05) is 0 Å². The van der Waals surface area contributed by atoms with Gasteiger partial charge in [0.05, 0.1) is 0 Å². The highest BCUT2D eigenvalue weighted by Crippen LogP contribution is 2.28. The predicted octanol–water partition coefficient (Wildman–Crippen LogP) is 3.76. The van der Waals surface area contributed by atoms with Gasteiger partial charge in [-0.15, -0.1) is 0 Å². The second-order valence-corrected chi connectivity index (χ2v) is 6.14. The van der Waals surface area contributed by atoms with Crippen molar-refractivity contribution in [2.45, 2.75) is 32.7 Å². The summed E-state index contributed by atoms with van der Waals surface area (Å²) >= 11 is 0. The predicted molar refractivity (Wildman–Crippen MR) is 89.8 cm³/mol. The second kappa shape index (κ2) is 5.90. The number of nitrogens with zero attached hydrogens (tertiary/aromatic N) is 1. The lowest BCUT2D eigenvalue weighted by Crippen LogP contribution is -2.36. The van der Waals surface area contributed by atoms with Crippen LogP contribution in [0.15, 0.2) is 42.5 Å². The number of hydrogen-bond acceptors (Lipinski definition) is 2. The van der Waals surface area contributed by atoms with Gasteiger partial charge >= 0.3 is 0 Å². The number of nitrogens with two attached hydrogens (primary N) is 1. The topological polar surface area (TPSA) is 29.3 Å². The van der Waals surface area contributed by atoms with E-state index in [0.717, 1.165) is 13.1 Å². The fourth-order valence-electron chi connectivity index (χ4n) is 3.38. The molecule has 0 bridgehead atoms. The number of hydrogen-bond donors (Lipinski definition) is 1. The summed E-state index contributed by atoms with van der Waals surface area (Å²) in [5.41, 5.74) is 13.2. The lowest BCUT2D eigenvalue weighted by atomic mass is 9.97. The fraction of sp³-hybridized carbons (Fsp3) is 0.368. The monoisotopic (exact) mass is 280 g/mol. The number of fused-ring (bicyclic) bond motifs is 1. The Hall–Kier alpha value is -1.80. The largest absolute Gasteiger partial charge is 0.369 e. The molecule has 1 unspecified atom stereocenters. The molecule has 0 aliphatic carbocycles. The maximum atomic E-state index is 6.49. The summed E-state index contributed by atoms with van der Waals surface area (Å²) in [4.78, 5) is 2.45. The van der Waals surface area contributed by atoms with Crippen LogP contribution in [0.25, 0.3) is 0 Å². The quantitative estimate of drug-likeness (QED) is 0.927. The molecule has 3 rings (SSSR count). The highest BCUT2D eigenvalue weighted by molar-refractivity contribution is 5.55. The Bertz CT molecular complexity index is 633. The van der Waals surface area contributed by atoms with E-state index in [4.69, 9.17) is 5.73 Å². The zero-order chi connectivity index (χ0) is 14.8. The van der Waals surface area contributed by atoms with Crippen LogP contribution in [0.2, 0.25) is 0 Å². The Kier molecular flexibility index (Phi) is 3.98. The van der Waals surface area contributed by atoms with E-state index in [-0.39, 0.29) is 6.04 Å². The molecule has 0 fully saturated rings. The summed E-state index contributed by atoms with van der Waals surface area (Å²) < 4.78 is 0. The van der Waals surface area contributed by atoms with Gasteiger partial charge in [0.2, 0.25) is 0 Å². The standard InChI is InChI=1S/C19H24N2/c1-14-9-10-17(15(2)12-14)18(20)13-21-11-5-7-16-6-3-4-8-19(16)21/h3-4,6,8-10,12,18H,5,7,11,13,20H2,1-2H3. The van der Waals surface area contributed by atoms with Crippen molar-refractivity contribution in [1.29, 1.82) is 0 Å². The van der Waals surface area contributed by atoms with Crippen LogP contribution in [0.5, 0.6) is 0 Å². The Morgan fingerprint density at radius 1 is 1.14 bits per heavy atom. The Morgan fingerprint density at radius 3 is 2.76 bits per heavy atom. The molecule has 0 radical (unpaired) electrons. The first-order valence-electron chi connectivity index (χ1n) is 7.81. The molecule has 1 atom stereocenters. The van der Waals surface area contributed by atoms with E-state index < -0.39 is 0 Å². The minimum atomic E-state index is 0.0664. The summed E-state index contributed by atoms with van der Waals surface area (Å²) in [7, 11) is 0. The van der Waals surface area contributed by atoms with Crippen LogP contribution in [0, 0.1) is 13.8 Å². The second-order valence-electron chi connectivity index (χ2n) is 6.14. The fourth-order valence-corrected chi connectivity index (χ4v) is 3.38. The Labute approximate surface area is 127 Å². The molecule has 0 saturated carbocycles. The zero-order valence-corrected chi connectivity index (χ0v) is 13.0. The summed E-state index contributed by atoms with van der Waals surface area (Å²) in [5.74, 6) is 0. The van der Waals surface area contributed by atoms with Crippen LogP contribution in [0.4, 0.5) is 5.69 Å². The van der Waals surface area contributed by atoms with Crippen molar-refractivity contribution >= 4 is 5.69 Å². The van der Waals surface area contributed by atoms with Gasteiger partial charge < -0.3 is 10.6 Å². The number of para-hydroxylation sites is 1. The van der Waals surface area contributed by atoms with Gasteiger partial charge in [0.15, 0.2) is 0 Å². The summed E-state index contributed by atoms with van der Waals surface area (Å²) in [6.45, 7) is 6.28. The van der Waals surface area contributed by atoms with E-state index in [9.17, 15) is 0 Å². The minimum Gasteiger partial charge on any atom is -0.369 e. The first-order chi connectivity index (χ1) is 10.1. The highest BCUT2D eigenvalue weighted by Gasteiger charge is 2.19. The molecule has 2 aromatic rings. The van der Waals surface area contributed by atoms with Crippen molar-refractivity contribution < 1.29 is 0 Å². The molecular weight excluding hydrogens is 256 g/mol. The first-order valence-corrected chi connectivity index (χ1v) is 7.81. The zero-order valence-electron chi connectivity index (χ0n) is 13.0. The molecule has 1 aliphatic heterocycles. The molecule has 1 aliphatic rings. The first kappa shape index (κ1) is 14.2. The molecule has 2 N–H and O–H groups in total. The molecule has 110 valence electrons. The van der Waals surface area contributed by atoms with Crippen molar-refractivity contribution in [2.75, 3.05) is 18.0 Å². The van der Waals surface area contributed by atoms with Gasteiger partial charge in [0.25, 0.3) is 0 Å². The lowest BCUT2D eigenvalue weighted by Gasteiger charge is -2.33. The van der Waals surface area contributed by atoms with Gasteiger partial charge in [-0.1, -0.05) is 42.0 Å². The van der Waals surface area contributed by atoms with E-state index in [0.29, 0.717) is 0 Å². The molecular formula is C19H24N2. The summed E-state index contributed by atoms with van der Waals surface area (Å²) in [5, 5.41) is 0. The molecule has 0 spiro atoms. The molecule has 0 amide bonds. The van der Waals surface area contributed by atoms with Crippen LogP contribution in [0.3, 0.4) is 0 Å². The minimum absolute atomic E-state index is 0.0664. The number of rotatable bonds is 3. The number of aryl methyl sites for hydroxylation is 3. The summed E-state index contributed by atoms with van der Waals surface area (Å²) in [6.07, 6.45) is 2.40. The van der Waals surface area contributed by atoms with Gasteiger partial charge in [-0.2, -0.15) is 0 Å². The Morgan fingerprint density at radius 2 is 1.95 bits per heavy atom.